The number of carbonyl (C=O) groups is 3. The van der Waals surface area contributed by atoms with Gasteiger partial charge in [-0.15, -0.1) is 0 Å². The van der Waals surface area contributed by atoms with Crippen LogP contribution in [-0.4, -0.2) is 30.3 Å². The van der Waals surface area contributed by atoms with Crippen LogP contribution in [0.3, 0.4) is 0 Å². The maximum absolute atomic E-state index is 12.5. The first-order valence-corrected chi connectivity index (χ1v) is 6.66. The lowest BCUT2D eigenvalue weighted by molar-refractivity contribution is -0.107. The van der Waals surface area contributed by atoms with Gasteiger partial charge in [-0.05, 0) is 23.8 Å². The van der Waals surface area contributed by atoms with Crippen LogP contribution in [0.2, 0.25) is 0 Å². The highest BCUT2D eigenvalue weighted by molar-refractivity contribution is 6.05. The molecule has 2 aromatic rings. The Morgan fingerprint density at radius 1 is 1.05 bits per heavy atom. The van der Waals surface area contributed by atoms with Crippen molar-refractivity contribution >= 4 is 23.9 Å². The van der Waals surface area contributed by atoms with Crippen molar-refractivity contribution in [1.82, 2.24) is 0 Å². The van der Waals surface area contributed by atoms with Gasteiger partial charge < -0.3 is 10.0 Å². The summed E-state index contributed by atoms with van der Waals surface area (Å²) in [6.45, 7) is 0. The Balaban J connectivity index is 2.35. The Morgan fingerprint density at radius 2 is 1.64 bits per heavy atom. The molecule has 0 aliphatic carbocycles. The predicted molar refractivity (Wildman–Crippen MR) is 82.3 cm³/mol. The summed E-state index contributed by atoms with van der Waals surface area (Å²) in [6.07, 6.45) is 0.587. The number of ketones is 1. The third-order valence-corrected chi connectivity index (χ3v) is 3.34. The second-order valence-corrected chi connectivity index (χ2v) is 4.80. The van der Waals surface area contributed by atoms with Crippen molar-refractivity contribution < 1.29 is 19.5 Å². The standard InChI is InChI=1S/C17H15NO4/c1-18(11-19)15-9-5-4-8-14(15)16(20)10-12-6-2-3-7-13(12)17(21)22/h2-9,11H,10H2,1H3,(H,21,22). The normalized spacial score (nSPS) is 10.0. The number of hydrogen-bond donors (Lipinski definition) is 1. The van der Waals surface area contributed by atoms with Gasteiger partial charge in [0, 0.05) is 19.0 Å². The maximum atomic E-state index is 12.5. The van der Waals surface area contributed by atoms with Crippen molar-refractivity contribution in [3.05, 3.63) is 65.2 Å². The molecule has 22 heavy (non-hydrogen) atoms. The number of amides is 1. The minimum absolute atomic E-state index is 0.0355. The van der Waals surface area contributed by atoms with Crippen molar-refractivity contribution in [1.29, 1.82) is 0 Å². The molecule has 0 spiro atoms. The van der Waals surface area contributed by atoms with Gasteiger partial charge in [-0.2, -0.15) is 0 Å². The molecule has 0 radical (unpaired) electrons. The molecule has 1 amide bonds. The zero-order valence-corrected chi connectivity index (χ0v) is 12.0. The van der Waals surface area contributed by atoms with Crippen LogP contribution in [0.1, 0.15) is 26.3 Å². The summed E-state index contributed by atoms with van der Waals surface area (Å²) < 4.78 is 0. The number of para-hydroxylation sites is 1. The van der Waals surface area contributed by atoms with E-state index in [9.17, 15) is 14.4 Å². The average molecular weight is 297 g/mol. The van der Waals surface area contributed by atoms with Gasteiger partial charge in [-0.25, -0.2) is 4.79 Å². The monoisotopic (exact) mass is 297 g/mol. The molecular weight excluding hydrogens is 282 g/mol. The van der Waals surface area contributed by atoms with E-state index in [4.69, 9.17) is 5.11 Å². The zero-order chi connectivity index (χ0) is 16.1. The van der Waals surface area contributed by atoms with Crippen molar-refractivity contribution in [3.63, 3.8) is 0 Å². The van der Waals surface area contributed by atoms with E-state index in [1.165, 1.54) is 11.0 Å². The van der Waals surface area contributed by atoms with Crippen LogP contribution in [0.15, 0.2) is 48.5 Å². The lowest BCUT2D eigenvalue weighted by Gasteiger charge is -2.15. The number of carboxylic acid groups (broad SMARTS) is 1. The number of Topliss-reactive ketones (excluding diaryl/α,β-unsaturated/α-hetero) is 1. The second kappa shape index (κ2) is 6.67. The van der Waals surface area contributed by atoms with Crippen LogP contribution in [0, 0.1) is 0 Å². The van der Waals surface area contributed by atoms with Gasteiger partial charge in [-0.1, -0.05) is 30.3 Å². The molecule has 0 atom stereocenters. The van der Waals surface area contributed by atoms with Gasteiger partial charge >= 0.3 is 5.97 Å². The Kier molecular flexibility index (Phi) is 4.68. The molecule has 2 aromatic carbocycles. The smallest absolute Gasteiger partial charge is 0.335 e. The predicted octanol–water partition coefficient (Wildman–Crippen LogP) is 2.40. The summed E-state index contributed by atoms with van der Waals surface area (Å²) in [5, 5.41) is 9.16. The number of hydrogen-bond acceptors (Lipinski definition) is 3. The second-order valence-electron chi connectivity index (χ2n) is 4.80. The van der Waals surface area contributed by atoms with Crippen molar-refractivity contribution in [2.45, 2.75) is 6.42 Å². The van der Waals surface area contributed by atoms with Gasteiger partial charge in [0.25, 0.3) is 0 Å². The van der Waals surface area contributed by atoms with Crippen LogP contribution >= 0.6 is 0 Å². The number of aromatic carboxylic acids is 1. The first kappa shape index (κ1) is 15.4. The SMILES string of the molecule is CN(C=O)c1ccccc1C(=O)Cc1ccccc1C(=O)O. The van der Waals surface area contributed by atoms with E-state index in [1.807, 2.05) is 0 Å². The summed E-state index contributed by atoms with van der Waals surface area (Å²) >= 11 is 0. The van der Waals surface area contributed by atoms with E-state index in [-0.39, 0.29) is 17.8 Å². The zero-order valence-electron chi connectivity index (χ0n) is 12.0. The van der Waals surface area contributed by atoms with Crippen LogP contribution in [0.5, 0.6) is 0 Å². The molecule has 0 bridgehead atoms. The van der Waals surface area contributed by atoms with E-state index in [2.05, 4.69) is 0 Å². The molecule has 2 rings (SSSR count). The molecule has 5 nitrogen and oxygen atoms in total. The van der Waals surface area contributed by atoms with Crippen molar-refractivity contribution in [3.8, 4) is 0 Å². The maximum Gasteiger partial charge on any atom is 0.335 e. The Bertz CT molecular complexity index is 724. The van der Waals surface area contributed by atoms with Crippen LogP contribution in [0.25, 0.3) is 0 Å². The summed E-state index contributed by atoms with van der Waals surface area (Å²) in [6, 6.07) is 13.1. The molecule has 0 unspecified atom stereocenters. The lowest BCUT2D eigenvalue weighted by atomic mass is 9.97. The molecular formula is C17H15NO4. The van der Waals surface area contributed by atoms with Gasteiger partial charge in [0.05, 0.1) is 11.3 Å². The Hall–Kier alpha value is -2.95. The summed E-state index contributed by atoms with van der Waals surface area (Å²) in [4.78, 5) is 35.9. The fourth-order valence-corrected chi connectivity index (χ4v) is 2.23. The molecule has 0 heterocycles. The number of anilines is 1. The largest absolute Gasteiger partial charge is 0.478 e. The fraction of sp³-hybridized carbons (Fsp3) is 0.118. The number of benzene rings is 2. The van der Waals surface area contributed by atoms with Gasteiger partial charge in [-0.3, -0.25) is 9.59 Å². The summed E-state index contributed by atoms with van der Waals surface area (Å²) in [5.41, 5.74) is 1.44. The number of carboxylic acids is 1. The topological polar surface area (TPSA) is 74.7 Å². The minimum atomic E-state index is -1.07. The molecule has 0 aliphatic heterocycles. The third-order valence-electron chi connectivity index (χ3n) is 3.34. The Labute approximate surface area is 127 Å². The first-order valence-electron chi connectivity index (χ1n) is 6.66. The van der Waals surface area contributed by atoms with Crippen molar-refractivity contribution in [2.24, 2.45) is 0 Å². The first-order chi connectivity index (χ1) is 10.5. The quantitative estimate of drug-likeness (QED) is 0.656. The lowest BCUT2D eigenvalue weighted by Crippen LogP contribution is -2.18. The molecule has 5 heteroatoms. The molecule has 1 N–H and O–H groups in total. The number of nitrogens with zero attached hydrogens (tertiary/aromatic N) is 1. The van der Waals surface area contributed by atoms with E-state index in [0.717, 1.165) is 0 Å². The van der Waals surface area contributed by atoms with E-state index in [1.54, 1.807) is 49.5 Å². The van der Waals surface area contributed by atoms with Crippen LogP contribution in [-0.2, 0) is 11.2 Å². The highest BCUT2D eigenvalue weighted by Crippen LogP contribution is 2.21. The molecule has 0 aliphatic rings. The van der Waals surface area contributed by atoms with Crippen LogP contribution in [0.4, 0.5) is 5.69 Å². The number of carbonyl (C=O) groups excluding carboxylic acids is 2. The van der Waals surface area contributed by atoms with E-state index < -0.39 is 5.97 Å². The number of rotatable bonds is 6. The fourth-order valence-electron chi connectivity index (χ4n) is 2.23. The van der Waals surface area contributed by atoms with Gasteiger partial charge in [0.15, 0.2) is 5.78 Å². The summed E-state index contributed by atoms with van der Waals surface area (Å²) in [7, 11) is 1.56. The molecule has 0 fully saturated rings. The average Bonchev–Trinajstić information content (AvgIpc) is 2.54. The van der Waals surface area contributed by atoms with E-state index >= 15 is 0 Å². The van der Waals surface area contributed by atoms with Crippen LogP contribution < -0.4 is 4.90 Å². The Morgan fingerprint density at radius 3 is 2.27 bits per heavy atom. The molecule has 112 valence electrons. The van der Waals surface area contributed by atoms with E-state index in [0.29, 0.717) is 23.2 Å². The van der Waals surface area contributed by atoms with Crippen molar-refractivity contribution in [2.75, 3.05) is 11.9 Å². The highest BCUT2D eigenvalue weighted by Gasteiger charge is 2.17. The molecule has 0 aromatic heterocycles. The molecule has 0 saturated heterocycles. The highest BCUT2D eigenvalue weighted by atomic mass is 16.4. The van der Waals surface area contributed by atoms with Gasteiger partial charge in [0.2, 0.25) is 6.41 Å². The third kappa shape index (κ3) is 3.20. The minimum Gasteiger partial charge on any atom is -0.478 e. The summed E-state index contributed by atoms with van der Waals surface area (Å²) in [5.74, 6) is -1.31. The molecule has 0 saturated carbocycles. The van der Waals surface area contributed by atoms with Gasteiger partial charge in [0.1, 0.15) is 0 Å².